The molecule has 1 aromatic rings. The molecule has 1 N–H and O–H groups in total. The Morgan fingerprint density at radius 3 is 3.18 bits per heavy atom. The van der Waals surface area contributed by atoms with Crippen LogP contribution in [0.2, 0.25) is 0 Å². The molecule has 0 spiro atoms. The van der Waals surface area contributed by atoms with E-state index in [1.54, 1.807) is 6.07 Å². The second-order valence-electron chi connectivity index (χ2n) is 4.55. The molecular formula is C13H13N3O. The number of amides is 1. The molecule has 0 radical (unpaired) electrons. The van der Waals surface area contributed by atoms with Crippen LogP contribution in [0.1, 0.15) is 24.8 Å². The van der Waals surface area contributed by atoms with Crippen LogP contribution in [0.5, 0.6) is 0 Å². The first kappa shape index (κ1) is 10.2. The van der Waals surface area contributed by atoms with Gasteiger partial charge in [0.1, 0.15) is 6.07 Å². The maximum Gasteiger partial charge on any atom is 0.226 e. The number of para-hydroxylation sites is 1. The number of nitriles is 1. The highest BCUT2D eigenvalue weighted by Gasteiger charge is 2.32. The van der Waals surface area contributed by atoms with Crippen LogP contribution in [0.3, 0.4) is 0 Å². The van der Waals surface area contributed by atoms with Gasteiger partial charge in [-0.1, -0.05) is 6.07 Å². The van der Waals surface area contributed by atoms with Gasteiger partial charge < -0.3 is 10.2 Å². The van der Waals surface area contributed by atoms with Gasteiger partial charge in [-0.2, -0.15) is 5.26 Å². The highest BCUT2D eigenvalue weighted by molar-refractivity contribution is 5.98. The third kappa shape index (κ3) is 1.55. The molecule has 1 aromatic carbocycles. The van der Waals surface area contributed by atoms with Crippen molar-refractivity contribution in [3.8, 4) is 6.07 Å². The fourth-order valence-electron chi connectivity index (χ4n) is 2.77. The molecule has 3 rings (SSSR count). The molecule has 1 atom stereocenters. The van der Waals surface area contributed by atoms with E-state index < -0.39 is 0 Å². The summed E-state index contributed by atoms with van der Waals surface area (Å²) in [4.78, 5) is 14.1. The van der Waals surface area contributed by atoms with Crippen LogP contribution in [-0.4, -0.2) is 18.5 Å². The Labute approximate surface area is 99.8 Å². The molecule has 2 aliphatic heterocycles. The van der Waals surface area contributed by atoms with Crippen molar-refractivity contribution in [3.63, 3.8) is 0 Å². The summed E-state index contributed by atoms with van der Waals surface area (Å²) in [5, 5.41) is 12.0. The molecule has 1 fully saturated rings. The molecule has 0 aliphatic carbocycles. The first-order valence-electron chi connectivity index (χ1n) is 5.89. The lowest BCUT2D eigenvalue weighted by Gasteiger charge is -2.24. The average Bonchev–Trinajstić information content (AvgIpc) is 2.72. The molecule has 0 saturated carbocycles. The van der Waals surface area contributed by atoms with E-state index in [1.165, 1.54) is 0 Å². The van der Waals surface area contributed by atoms with E-state index in [4.69, 9.17) is 5.26 Å². The van der Waals surface area contributed by atoms with Gasteiger partial charge in [0.05, 0.1) is 16.9 Å². The van der Waals surface area contributed by atoms with E-state index in [0.717, 1.165) is 25.1 Å². The van der Waals surface area contributed by atoms with Crippen molar-refractivity contribution in [2.75, 3.05) is 16.8 Å². The number of rotatable bonds is 0. The maximum atomic E-state index is 11.8. The number of carbonyl (C=O) groups is 1. The largest absolute Gasteiger partial charge is 0.366 e. The Bertz CT molecular complexity index is 518. The summed E-state index contributed by atoms with van der Waals surface area (Å²) >= 11 is 0. The van der Waals surface area contributed by atoms with E-state index in [0.29, 0.717) is 23.7 Å². The second kappa shape index (κ2) is 3.77. The Hall–Kier alpha value is -2.02. The zero-order chi connectivity index (χ0) is 11.8. The van der Waals surface area contributed by atoms with E-state index in [2.05, 4.69) is 16.3 Å². The minimum atomic E-state index is 0.0170. The lowest BCUT2D eigenvalue weighted by atomic mass is 10.1. The SMILES string of the molecule is N#Cc1cccc2c1NC(=O)CC1CCCN21. The fourth-order valence-corrected chi connectivity index (χ4v) is 2.77. The molecule has 1 unspecified atom stereocenters. The van der Waals surface area contributed by atoms with Crippen LogP contribution < -0.4 is 10.2 Å². The summed E-state index contributed by atoms with van der Waals surface area (Å²) in [7, 11) is 0. The normalized spacial score (nSPS) is 22.2. The highest BCUT2D eigenvalue weighted by atomic mass is 16.1. The summed E-state index contributed by atoms with van der Waals surface area (Å²) < 4.78 is 0. The minimum Gasteiger partial charge on any atom is -0.366 e. The Kier molecular flexibility index (Phi) is 2.25. The first-order valence-corrected chi connectivity index (χ1v) is 5.89. The summed E-state index contributed by atoms with van der Waals surface area (Å²) in [6.45, 7) is 0.974. The molecule has 17 heavy (non-hydrogen) atoms. The topological polar surface area (TPSA) is 56.1 Å². The van der Waals surface area contributed by atoms with Gasteiger partial charge in [-0.25, -0.2) is 0 Å². The van der Waals surface area contributed by atoms with Crippen molar-refractivity contribution in [2.45, 2.75) is 25.3 Å². The second-order valence-corrected chi connectivity index (χ2v) is 4.55. The van der Waals surface area contributed by atoms with Gasteiger partial charge in [-0.15, -0.1) is 0 Å². The first-order chi connectivity index (χ1) is 8.29. The van der Waals surface area contributed by atoms with Gasteiger partial charge in [0, 0.05) is 19.0 Å². The quantitative estimate of drug-likeness (QED) is 0.736. The molecule has 1 saturated heterocycles. The third-order valence-corrected chi connectivity index (χ3v) is 3.53. The van der Waals surface area contributed by atoms with Crippen molar-refractivity contribution >= 4 is 17.3 Å². The lowest BCUT2D eigenvalue weighted by molar-refractivity contribution is -0.116. The fraction of sp³-hybridized carbons (Fsp3) is 0.385. The van der Waals surface area contributed by atoms with Gasteiger partial charge in [-0.05, 0) is 25.0 Å². The maximum absolute atomic E-state index is 11.8. The molecular weight excluding hydrogens is 214 g/mol. The molecule has 0 bridgehead atoms. The zero-order valence-electron chi connectivity index (χ0n) is 9.44. The lowest BCUT2D eigenvalue weighted by Crippen LogP contribution is -2.29. The summed E-state index contributed by atoms with van der Waals surface area (Å²) in [6.07, 6.45) is 2.71. The summed E-state index contributed by atoms with van der Waals surface area (Å²) in [6, 6.07) is 8.05. The van der Waals surface area contributed by atoms with Crippen molar-refractivity contribution < 1.29 is 4.79 Å². The molecule has 0 aromatic heterocycles. The Morgan fingerprint density at radius 2 is 2.35 bits per heavy atom. The molecule has 86 valence electrons. The Balaban J connectivity index is 2.16. The number of hydrogen-bond donors (Lipinski definition) is 1. The predicted octanol–water partition coefficient (Wildman–Crippen LogP) is 1.87. The smallest absolute Gasteiger partial charge is 0.226 e. The van der Waals surface area contributed by atoms with E-state index >= 15 is 0 Å². The number of nitrogens with one attached hydrogen (secondary N) is 1. The van der Waals surface area contributed by atoms with Crippen LogP contribution in [0, 0.1) is 11.3 Å². The third-order valence-electron chi connectivity index (χ3n) is 3.53. The summed E-state index contributed by atoms with van der Waals surface area (Å²) in [5.74, 6) is 0.0170. The molecule has 1 amide bonds. The standard InChI is InChI=1S/C13H13N3O/c14-8-9-3-1-5-11-13(9)15-12(17)7-10-4-2-6-16(10)11/h1,3,5,10H,2,4,6-7H2,(H,15,17). The zero-order valence-corrected chi connectivity index (χ0v) is 9.44. The number of fused-ring (bicyclic) bond motifs is 3. The van der Waals surface area contributed by atoms with Crippen molar-refractivity contribution in [1.29, 1.82) is 5.26 Å². The van der Waals surface area contributed by atoms with Gasteiger partial charge in [-0.3, -0.25) is 4.79 Å². The van der Waals surface area contributed by atoms with E-state index in [-0.39, 0.29) is 5.91 Å². The monoisotopic (exact) mass is 227 g/mol. The van der Waals surface area contributed by atoms with Crippen LogP contribution in [0.4, 0.5) is 11.4 Å². The average molecular weight is 227 g/mol. The van der Waals surface area contributed by atoms with Crippen molar-refractivity contribution in [1.82, 2.24) is 0 Å². The van der Waals surface area contributed by atoms with Gasteiger partial charge in [0.15, 0.2) is 0 Å². The highest BCUT2D eigenvalue weighted by Crippen LogP contribution is 2.37. The molecule has 4 nitrogen and oxygen atoms in total. The minimum absolute atomic E-state index is 0.0170. The Morgan fingerprint density at radius 1 is 1.47 bits per heavy atom. The van der Waals surface area contributed by atoms with Crippen LogP contribution in [-0.2, 0) is 4.79 Å². The number of nitrogens with zero attached hydrogens (tertiary/aromatic N) is 2. The van der Waals surface area contributed by atoms with Crippen LogP contribution in [0.15, 0.2) is 18.2 Å². The van der Waals surface area contributed by atoms with Crippen LogP contribution >= 0.6 is 0 Å². The number of anilines is 2. The van der Waals surface area contributed by atoms with E-state index in [1.807, 2.05) is 12.1 Å². The number of carbonyl (C=O) groups excluding carboxylic acids is 1. The van der Waals surface area contributed by atoms with Gasteiger partial charge in [0.25, 0.3) is 0 Å². The van der Waals surface area contributed by atoms with E-state index in [9.17, 15) is 4.79 Å². The van der Waals surface area contributed by atoms with Gasteiger partial charge in [0.2, 0.25) is 5.91 Å². The number of hydrogen-bond acceptors (Lipinski definition) is 3. The van der Waals surface area contributed by atoms with Crippen molar-refractivity contribution in [2.24, 2.45) is 0 Å². The van der Waals surface area contributed by atoms with Crippen LogP contribution in [0.25, 0.3) is 0 Å². The summed E-state index contributed by atoms with van der Waals surface area (Å²) in [5.41, 5.74) is 2.23. The van der Waals surface area contributed by atoms with Crippen molar-refractivity contribution in [3.05, 3.63) is 23.8 Å². The molecule has 2 aliphatic rings. The molecule has 4 heteroatoms. The molecule has 2 heterocycles. The predicted molar refractivity (Wildman–Crippen MR) is 64.8 cm³/mol. The van der Waals surface area contributed by atoms with Gasteiger partial charge >= 0.3 is 0 Å². The number of benzene rings is 1.